The minimum atomic E-state index is -4.63. The van der Waals surface area contributed by atoms with Gasteiger partial charge in [-0.05, 0) is 58.9 Å². The van der Waals surface area contributed by atoms with Crippen LogP contribution in [0.25, 0.3) is 6.08 Å². The number of hydrogen-bond acceptors (Lipinski definition) is 2. The number of alkyl halides is 3. The number of aryl methyl sites for hydroxylation is 1. The van der Waals surface area contributed by atoms with Gasteiger partial charge >= 0.3 is 6.18 Å². The average molecular weight is 558 g/mol. The van der Waals surface area contributed by atoms with Gasteiger partial charge in [-0.3, -0.25) is 4.79 Å². The number of fused-ring (bicyclic) bond motifs is 1. The number of nitrogens with zero attached hydrogens (tertiary/aromatic N) is 1. The van der Waals surface area contributed by atoms with E-state index in [-0.39, 0.29) is 23.9 Å². The Balaban J connectivity index is 1.48. The van der Waals surface area contributed by atoms with Gasteiger partial charge in [0, 0.05) is 6.20 Å². The van der Waals surface area contributed by atoms with Crippen LogP contribution in [0.5, 0.6) is 0 Å². The topological polar surface area (TPSA) is 42.0 Å². The van der Waals surface area contributed by atoms with Crippen LogP contribution in [0.15, 0.2) is 54.7 Å². The summed E-state index contributed by atoms with van der Waals surface area (Å²) in [5.41, 5.74) is 2.93. The maximum absolute atomic E-state index is 13.8. The van der Waals surface area contributed by atoms with Gasteiger partial charge in [0.05, 0.1) is 28.4 Å². The molecule has 0 saturated heterocycles. The van der Waals surface area contributed by atoms with E-state index in [0.717, 1.165) is 34.9 Å². The van der Waals surface area contributed by atoms with Crippen LogP contribution >= 0.6 is 34.8 Å². The van der Waals surface area contributed by atoms with Gasteiger partial charge in [-0.15, -0.1) is 0 Å². The molecule has 1 N–H and O–H groups in total. The molecule has 2 aromatic carbocycles. The Bertz CT molecular complexity index is 1290. The van der Waals surface area contributed by atoms with Crippen molar-refractivity contribution in [2.45, 2.75) is 37.4 Å². The van der Waals surface area contributed by atoms with E-state index in [1.165, 1.54) is 6.08 Å². The smallest absolute Gasteiger partial charge is 0.349 e. The molecule has 2 unspecified atom stereocenters. The van der Waals surface area contributed by atoms with Crippen molar-refractivity contribution < 1.29 is 22.4 Å². The third-order valence-corrected chi connectivity index (χ3v) is 6.71. The summed E-state index contributed by atoms with van der Waals surface area (Å²) in [5, 5.41) is 2.40. The van der Waals surface area contributed by atoms with E-state index in [1.54, 1.807) is 30.5 Å². The first-order valence-electron chi connectivity index (χ1n) is 10.9. The number of halogens is 7. The van der Waals surface area contributed by atoms with Crippen LogP contribution in [-0.4, -0.2) is 17.1 Å². The highest BCUT2D eigenvalue weighted by atomic mass is 35.5. The molecule has 1 aliphatic rings. The molecular formula is C26H19Cl3F4N2O. The van der Waals surface area contributed by atoms with Crippen molar-refractivity contribution in [1.82, 2.24) is 10.3 Å². The van der Waals surface area contributed by atoms with Crippen molar-refractivity contribution in [2.75, 3.05) is 0 Å². The molecule has 4 rings (SSSR count). The lowest BCUT2D eigenvalue weighted by molar-refractivity contribution is -0.139. The maximum Gasteiger partial charge on any atom is 0.399 e. The van der Waals surface area contributed by atoms with Crippen molar-refractivity contribution in [3.63, 3.8) is 0 Å². The molecule has 0 fully saturated rings. The number of nitrogens with one attached hydrogen (secondary N) is 1. The lowest BCUT2D eigenvalue weighted by Crippen LogP contribution is -2.28. The fourth-order valence-corrected chi connectivity index (χ4v) is 4.82. The highest BCUT2D eigenvalue weighted by Crippen LogP contribution is 2.40. The molecule has 1 aliphatic carbocycles. The first kappa shape index (κ1) is 26.5. The Morgan fingerprint density at radius 2 is 1.83 bits per heavy atom. The first-order valence-corrected chi connectivity index (χ1v) is 12.1. The Morgan fingerprint density at radius 1 is 1.11 bits per heavy atom. The van der Waals surface area contributed by atoms with Gasteiger partial charge in [-0.25, -0.2) is 9.37 Å². The normalized spacial score (nSPS) is 16.2. The van der Waals surface area contributed by atoms with Crippen molar-refractivity contribution in [2.24, 2.45) is 0 Å². The predicted octanol–water partition coefficient (Wildman–Crippen LogP) is 7.89. The van der Waals surface area contributed by atoms with E-state index >= 15 is 0 Å². The van der Waals surface area contributed by atoms with Crippen molar-refractivity contribution >= 4 is 46.8 Å². The minimum absolute atomic E-state index is 0.160. The van der Waals surface area contributed by atoms with Crippen molar-refractivity contribution in [1.29, 1.82) is 0 Å². The molecule has 36 heavy (non-hydrogen) atoms. The third-order valence-electron chi connectivity index (χ3n) is 5.93. The van der Waals surface area contributed by atoms with E-state index in [2.05, 4.69) is 10.3 Å². The van der Waals surface area contributed by atoms with E-state index in [4.69, 9.17) is 34.8 Å². The second-order valence-corrected chi connectivity index (χ2v) is 9.66. The van der Waals surface area contributed by atoms with Gasteiger partial charge < -0.3 is 5.32 Å². The van der Waals surface area contributed by atoms with Crippen LogP contribution in [0, 0.1) is 5.82 Å². The zero-order chi connectivity index (χ0) is 26.0. The quantitative estimate of drug-likeness (QED) is 0.190. The number of pyridine rings is 1. The van der Waals surface area contributed by atoms with Gasteiger partial charge in [-0.2, -0.15) is 13.2 Å². The van der Waals surface area contributed by atoms with E-state index in [9.17, 15) is 22.4 Å². The SMILES string of the molecule is O=C(Cc1ccc(Cl)nc1)NC1CCc2cc(C=CC(c3cc(Cl)c(F)c(Cl)c3)C(F)(F)F)ccc21. The molecule has 1 amide bonds. The molecule has 0 radical (unpaired) electrons. The molecule has 0 aliphatic heterocycles. The highest BCUT2D eigenvalue weighted by molar-refractivity contribution is 6.35. The standard InChI is InChI=1S/C26H19Cl3F4N2O/c27-20-11-17(12-21(28)25(20)30)19(26(31,32)33)6-2-14-1-5-18-16(9-14)4-7-22(18)35-24(36)10-15-3-8-23(29)34-13-15/h1-3,5-6,8-9,11-13,19,22H,4,7,10H2,(H,35,36). The van der Waals surface area contributed by atoms with Crippen LogP contribution in [0.3, 0.4) is 0 Å². The first-order chi connectivity index (χ1) is 17.0. The van der Waals surface area contributed by atoms with Gasteiger partial charge in [0.15, 0.2) is 5.82 Å². The summed E-state index contributed by atoms with van der Waals surface area (Å²) in [6, 6.07) is 10.3. The fraction of sp³-hybridized carbons (Fsp3) is 0.231. The number of aromatic nitrogens is 1. The maximum atomic E-state index is 13.8. The molecule has 3 aromatic rings. The number of hydrogen-bond donors (Lipinski definition) is 1. The van der Waals surface area contributed by atoms with E-state index in [0.29, 0.717) is 23.6 Å². The molecule has 0 bridgehead atoms. The van der Waals surface area contributed by atoms with Crippen molar-refractivity contribution in [3.05, 3.63) is 104 Å². The lowest BCUT2D eigenvalue weighted by Gasteiger charge is -2.18. The van der Waals surface area contributed by atoms with Crippen LogP contribution in [0.4, 0.5) is 17.6 Å². The zero-order valence-corrected chi connectivity index (χ0v) is 20.8. The van der Waals surface area contributed by atoms with Crippen LogP contribution in [0.1, 0.15) is 46.2 Å². The average Bonchev–Trinajstić information content (AvgIpc) is 3.20. The Kier molecular flexibility index (Phi) is 7.93. The van der Waals surface area contributed by atoms with Crippen molar-refractivity contribution in [3.8, 4) is 0 Å². The second kappa shape index (κ2) is 10.8. The highest BCUT2D eigenvalue weighted by Gasteiger charge is 2.39. The zero-order valence-electron chi connectivity index (χ0n) is 18.6. The summed E-state index contributed by atoms with van der Waals surface area (Å²) >= 11 is 17.2. The summed E-state index contributed by atoms with van der Waals surface area (Å²) in [7, 11) is 0. The Morgan fingerprint density at radius 3 is 2.47 bits per heavy atom. The lowest BCUT2D eigenvalue weighted by atomic mass is 9.96. The summed E-state index contributed by atoms with van der Waals surface area (Å²) in [6.07, 6.45) is 0.797. The molecule has 2 atom stereocenters. The van der Waals surface area contributed by atoms with Crippen LogP contribution < -0.4 is 5.32 Å². The summed E-state index contributed by atoms with van der Waals surface area (Å²) in [5.74, 6) is -3.14. The molecule has 0 saturated carbocycles. The molecular weight excluding hydrogens is 539 g/mol. The van der Waals surface area contributed by atoms with E-state index < -0.39 is 28.0 Å². The summed E-state index contributed by atoms with van der Waals surface area (Å²) in [4.78, 5) is 16.4. The predicted molar refractivity (Wildman–Crippen MR) is 133 cm³/mol. The number of amides is 1. The van der Waals surface area contributed by atoms with Gasteiger partial charge in [0.1, 0.15) is 5.15 Å². The number of rotatable bonds is 6. The molecule has 10 heteroatoms. The molecule has 1 heterocycles. The summed E-state index contributed by atoms with van der Waals surface area (Å²) < 4.78 is 55.0. The Labute approximate surface area is 220 Å². The number of carbonyl (C=O) groups is 1. The van der Waals surface area contributed by atoms with E-state index in [1.807, 2.05) is 6.07 Å². The van der Waals surface area contributed by atoms with Gasteiger partial charge in [-0.1, -0.05) is 71.2 Å². The minimum Gasteiger partial charge on any atom is -0.349 e. The third kappa shape index (κ3) is 6.20. The Hall–Kier alpha value is -2.61. The molecule has 1 aromatic heterocycles. The van der Waals surface area contributed by atoms with Gasteiger partial charge in [0.25, 0.3) is 0 Å². The second-order valence-electron chi connectivity index (χ2n) is 8.46. The number of allylic oxidation sites excluding steroid dienone is 1. The van der Waals surface area contributed by atoms with Crippen LogP contribution in [0.2, 0.25) is 15.2 Å². The number of benzene rings is 2. The monoisotopic (exact) mass is 556 g/mol. The molecule has 0 spiro atoms. The fourth-order valence-electron chi connectivity index (χ4n) is 4.20. The largest absolute Gasteiger partial charge is 0.399 e. The van der Waals surface area contributed by atoms with Gasteiger partial charge in [0.2, 0.25) is 5.91 Å². The molecule has 3 nitrogen and oxygen atoms in total. The summed E-state index contributed by atoms with van der Waals surface area (Å²) in [6.45, 7) is 0. The van der Waals surface area contributed by atoms with Crippen LogP contribution in [-0.2, 0) is 17.6 Å². The number of carbonyl (C=O) groups excluding carboxylic acids is 1. The molecule has 188 valence electrons.